The number of phenols is 2. The van der Waals surface area contributed by atoms with Crippen molar-refractivity contribution < 1.29 is 88.5 Å². The predicted octanol–water partition coefficient (Wildman–Crippen LogP) is -7.62. The summed E-state index contributed by atoms with van der Waals surface area (Å²) < 4.78 is 0. The Balaban J connectivity index is 1.37. The fourth-order valence-electron chi connectivity index (χ4n) is 8.02. The van der Waals surface area contributed by atoms with E-state index in [-0.39, 0.29) is 63.0 Å². The van der Waals surface area contributed by atoms with Crippen LogP contribution in [0.5, 0.6) is 11.5 Å². The van der Waals surface area contributed by atoms with Crippen molar-refractivity contribution in [1.29, 1.82) is 0 Å². The smallest absolute Gasteiger partial charge is 0.326 e. The summed E-state index contributed by atoms with van der Waals surface area (Å²) in [6.45, 7) is -3.09. The summed E-state index contributed by atoms with van der Waals surface area (Å²) in [5.41, 5.74) is 12.3. The summed E-state index contributed by atoms with van der Waals surface area (Å²) >= 11 is 0. The molecule has 3 aromatic rings. The molecule has 0 unspecified atom stereocenters. The number of carboxylic acids is 1. The molecule has 20 N–H and O–H groups in total. The Morgan fingerprint density at radius 3 is 1.71 bits per heavy atom. The number of H-pyrrole nitrogens is 1. The molecule has 31 nitrogen and oxygen atoms in total. The minimum absolute atomic E-state index is 0.0169. The topological polar surface area (TPSA) is 510 Å². The van der Waals surface area contributed by atoms with E-state index in [9.17, 15) is 88.5 Å². The third kappa shape index (κ3) is 19.6. The minimum Gasteiger partial charge on any atom is -0.508 e. The maximum atomic E-state index is 13.8. The number of aliphatic hydroxyl groups is 4. The van der Waals surface area contributed by atoms with Gasteiger partial charge in [0.1, 0.15) is 59.8 Å². The lowest BCUT2D eigenvalue weighted by molar-refractivity contribution is -0.144. The lowest BCUT2D eigenvalue weighted by atomic mass is 10.0. The summed E-state index contributed by atoms with van der Waals surface area (Å²) in [7, 11) is 0. The Morgan fingerprint density at radius 1 is 0.662 bits per heavy atom. The van der Waals surface area contributed by atoms with Gasteiger partial charge in [-0.3, -0.25) is 47.9 Å². The fraction of sp³-hybridized carbons (Fsp3) is 0.469. The molecule has 0 saturated carbocycles. The molecule has 0 radical (unpaired) electrons. The Bertz CT molecular complexity index is 2640. The number of primary amides is 1. The highest BCUT2D eigenvalue weighted by Crippen LogP contribution is 2.20. The van der Waals surface area contributed by atoms with Crippen molar-refractivity contribution in [2.24, 2.45) is 11.5 Å². The van der Waals surface area contributed by atoms with Crippen LogP contribution >= 0.6 is 0 Å². The number of carboxylic acid groups (broad SMARTS) is 1. The first-order valence-electron chi connectivity index (χ1n) is 24.9. The van der Waals surface area contributed by atoms with E-state index >= 15 is 0 Å². The normalized spacial score (nSPS) is 16.3. The zero-order valence-corrected chi connectivity index (χ0v) is 43.2. The summed E-state index contributed by atoms with van der Waals surface area (Å²) in [6, 6.07) is -3.24. The molecule has 2 heterocycles. The summed E-state index contributed by atoms with van der Waals surface area (Å²) in [5, 5.41) is 88.2. The zero-order valence-electron chi connectivity index (χ0n) is 43.2. The van der Waals surface area contributed by atoms with Crippen LogP contribution in [0.15, 0.2) is 61.1 Å². The Labute approximate surface area is 456 Å². The van der Waals surface area contributed by atoms with Gasteiger partial charge in [0.05, 0.1) is 44.8 Å². The molecule has 2 aromatic carbocycles. The zero-order chi connectivity index (χ0) is 59.2. The largest absolute Gasteiger partial charge is 0.508 e. The van der Waals surface area contributed by atoms with Gasteiger partial charge in [0.15, 0.2) is 0 Å². The van der Waals surface area contributed by atoms with Crippen LogP contribution in [-0.2, 0) is 72.0 Å². The maximum absolute atomic E-state index is 13.8. The number of carbonyl (C=O) groups excluding carboxylic acids is 10. The number of imidazole rings is 1. The molecule has 4 rings (SSSR count). The second-order valence-electron chi connectivity index (χ2n) is 18.6. The van der Waals surface area contributed by atoms with Gasteiger partial charge in [0.25, 0.3) is 0 Å². The molecule has 1 aliphatic rings. The number of amides is 10. The van der Waals surface area contributed by atoms with E-state index in [1.807, 2.05) is 0 Å². The SMILES string of the molecule is C[C@@H](O)[C@H](NC(=O)[C@H](CO)NC(=O)[C@@H]1CCCN1C(=O)[C@H](CO)NC(=O)[C@H](CO)NC(=O)CNC(=O)[C@H](Cc1ccc(O)cc1)NC(=O)[C@H](Cc1cnc[nH]1)NC(=O)[C@@H](N)CCC(N)=O)C(=O)N[C@@H](Cc1ccc(O)cc1)C(=O)O. The highest BCUT2D eigenvalue weighted by Gasteiger charge is 2.40. The van der Waals surface area contributed by atoms with Crippen LogP contribution in [0.3, 0.4) is 0 Å². The Kier molecular flexibility index (Phi) is 24.7. The van der Waals surface area contributed by atoms with E-state index in [0.29, 0.717) is 16.8 Å². The Morgan fingerprint density at radius 2 is 1.18 bits per heavy atom. The minimum atomic E-state index is -1.81. The van der Waals surface area contributed by atoms with Crippen molar-refractivity contribution in [3.8, 4) is 11.5 Å². The van der Waals surface area contributed by atoms with Crippen LogP contribution in [-0.4, -0.2) is 209 Å². The van der Waals surface area contributed by atoms with E-state index in [1.54, 1.807) is 0 Å². The predicted molar refractivity (Wildman–Crippen MR) is 274 cm³/mol. The van der Waals surface area contributed by atoms with E-state index < -0.39 is 152 Å². The number of aliphatic carboxylic acids is 1. The molecular formula is C49H67N13O18. The summed E-state index contributed by atoms with van der Waals surface area (Å²) in [4.78, 5) is 152. The lowest BCUT2D eigenvalue weighted by Gasteiger charge is -2.30. The van der Waals surface area contributed by atoms with Crippen molar-refractivity contribution in [3.05, 3.63) is 77.9 Å². The van der Waals surface area contributed by atoms with E-state index in [4.69, 9.17) is 11.5 Å². The van der Waals surface area contributed by atoms with Gasteiger partial charge in [-0.15, -0.1) is 0 Å². The maximum Gasteiger partial charge on any atom is 0.326 e. The first kappa shape index (κ1) is 63.8. The van der Waals surface area contributed by atoms with E-state index in [2.05, 4.69) is 52.5 Å². The highest BCUT2D eigenvalue weighted by atomic mass is 16.4. The number of rotatable bonds is 31. The average Bonchev–Trinajstić information content (AvgIpc) is 4.17. The van der Waals surface area contributed by atoms with Crippen molar-refractivity contribution in [2.45, 2.75) is 112 Å². The number of phenolic OH excluding ortho intramolecular Hbond substituents is 2. The van der Waals surface area contributed by atoms with Crippen molar-refractivity contribution in [1.82, 2.24) is 57.4 Å². The Hall–Kier alpha value is -8.78. The number of likely N-dealkylation sites (tertiary alicyclic amines) is 1. The van der Waals surface area contributed by atoms with Crippen LogP contribution in [0.4, 0.5) is 0 Å². The first-order valence-corrected chi connectivity index (χ1v) is 24.9. The molecule has 1 fully saturated rings. The van der Waals surface area contributed by atoms with Gasteiger partial charge in [0.2, 0.25) is 59.1 Å². The van der Waals surface area contributed by atoms with Crippen LogP contribution in [0.1, 0.15) is 49.4 Å². The molecule has 436 valence electrons. The number of hydrogen-bond acceptors (Lipinski definition) is 19. The quantitative estimate of drug-likeness (QED) is 0.0285. The van der Waals surface area contributed by atoms with Gasteiger partial charge in [0, 0.05) is 44.1 Å². The summed E-state index contributed by atoms with van der Waals surface area (Å²) in [6.07, 6.45) is 0.219. The molecule has 1 aliphatic heterocycles. The number of benzene rings is 2. The number of nitrogens with zero attached hydrogens (tertiary/aromatic N) is 2. The second-order valence-corrected chi connectivity index (χ2v) is 18.6. The third-order valence-corrected chi connectivity index (χ3v) is 12.4. The molecule has 0 spiro atoms. The lowest BCUT2D eigenvalue weighted by Crippen LogP contribution is -2.62. The first-order chi connectivity index (χ1) is 37.9. The van der Waals surface area contributed by atoms with Crippen LogP contribution < -0.4 is 54.0 Å². The highest BCUT2D eigenvalue weighted by molar-refractivity contribution is 5.98. The summed E-state index contributed by atoms with van der Waals surface area (Å²) in [5.74, 6) is -11.7. The molecule has 0 aliphatic carbocycles. The van der Waals surface area contributed by atoms with Crippen molar-refractivity contribution in [3.63, 3.8) is 0 Å². The number of aromatic amines is 1. The molecule has 10 atom stereocenters. The number of carbonyl (C=O) groups is 11. The third-order valence-electron chi connectivity index (χ3n) is 12.4. The van der Waals surface area contributed by atoms with Gasteiger partial charge in [-0.1, -0.05) is 24.3 Å². The van der Waals surface area contributed by atoms with Crippen molar-refractivity contribution in [2.75, 3.05) is 32.9 Å². The monoisotopic (exact) mass is 1130 g/mol. The molecule has 80 heavy (non-hydrogen) atoms. The van der Waals surface area contributed by atoms with Crippen LogP contribution in [0.25, 0.3) is 0 Å². The van der Waals surface area contributed by atoms with E-state index in [1.165, 1.54) is 61.1 Å². The molecule has 0 bridgehead atoms. The number of aromatic nitrogens is 2. The number of hydrogen-bond donors (Lipinski definition) is 18. The number of aliphatic hydroxyl groups excluding tert-OH is 4. The van der Waals surface area contributed by atoms with Gasteiger partial charge in [-0.25, -0.2) is 9.78 Å². The van der Waals surface area contributed by atoms with Gasteiger partial charge < -0.3 is 99.6 Å². The van der Waals surface area contributed by atoms with Crippen LogP contribution in [0, 0.1) is 0 Å². The molecule has 1 aromatic heterocycles. The fourth-order valence-corrected chi connectivity index (χ4v) is 8.02. The van der Waals surface area contributed by atoms with Crippen molar-refractivity contribution >= 4 is 65.0 Å². The standard InChI is InChI=1S/C49H67N13O18/c1-24(66)40(47(77)58-33(49(79)80)16-26-6-10-29(68)11-7-26)61-45(75)35(21-64)59-46(76)37-3-2-14-62(37)48(78)36(22-65)60-44(74)34(20-63)55-39(70)19-53-42(72)31(15-25-4-8-28(67)9-5-25)57-43(73)32(17-27-18-52-23-54-27)56-41(71)30(50)12-13-38(51)69/h4-11,18,23-24,30-37,40,63-68H,2-3,12-17,19-22,50H2,1H3,(H2,51,69)(H,52,54)(H,53,72)(H,55,70)(H,56,71)(H,57,73)(H,58,77)(H,59,76)(H,60,74)(H,61,75)(H,79,80)/t24-,30+,31+,32+,33+,34+,35+,36+,37+,40+/m1/s1. The molecular weight excluding hydrogens is 1060 g/mol. The number of nitrogens with one attached hydrogen (secondary N) is 9. The van der Waals surface area contributed by atoms with Gasteiger partial charge in [-0.05, 0) is 61.6 Å². The van der Waals surface area contributed by atoms with Crippen LogP contribution in [0.2, 0.25) is 0 Å². The van der Waals surface area contributed by atoms with Gasteiger partial charge >= 0.3 is 5.97 Å². The molecule has 1 saturated heterocycles. The molecule has 10 amide bonds. The number of nitrogens with two attached hydrogens (primary N) is 2. The molecule has 31 heteroatoms. The second kappa shape index (κ2) is 31.0. The number of aromatic hydroxyl groups is 2. The average molecular weight is 1130 g/mol. The van der Waals surface area contributed by atoms with Gasteiger partial charge in [-0.2, -0.15) is 0 Å². The van der Waals surface area contributed by atoms with E-state index in [0.717, 1.165) is 11.8 Å².